The first-order valence-electron chi connectivity index (χ1n) is 11.6. The van der Waals surface area contributed by atoms with Gasteiger partial charge in [0.15, 0.2) is 11.5 Å². The Balaban J connectivity index is 3.08. The van der Waals surface area contributed by atoms with Gasteiger partial charge in [0.2, 0.25) is 5.76 Å². The molecule has 192 valence electrons. The Kier molecular flexibility index (Phi) is 11.4. The van der Waals surface area contributed by atoms with E-state index in [0.29, 0.717) is 0 Å². The summed E-state index contributed by atoms with van der Waals surface area (Å²) in [6.07, 6.45) is 1.09. The van der Waals surface area contributed by atoms with Crippen molar-refractivity contribution in [2.75, 3.05) is 7.11 Å². The van der Waals surface area contributed by atoms with Crippen LogP contribution < -0.4 is 5.32 Å². The van der Waals surface area contributed by atoms with E-state index in [1.165, 1.54) is 20.1 Å². The van der Waals surface area contributed by atoms with Crippen molar-refractivity contribution in [2.45, 2.75) is 73.5 Å². The van der Waals surface area contributed by atoms with Gasteiger partial charge in [-0.1, -0.05) is 39.0 Å². The molecule has 1 aromatic rings. The Morgan fingerprint density at radius 1 is 1.03 bits per heavy atom. The van der Waals surface area contributed by atoms with Crippen molar-refractivity contribution < 1.29 is 28.6 Å². The van der Waals surface area contributed by atoms with E-state index < -0.39 is 35.9 Å². The summed E-state index contributed by atoms with van der Waals surface area (Å²) in [5.41, 5.74) is 3.08. The monoisotopic (exact) mass is 486 g/mol. The van der Waals surface area contributed by atoms with Crippen LogP contribution >= 0.6 is 0 Å². The van der Waals surface area contributed by atoms with Gasteiger partial charge in [0, 0.05) is 5.92 Å². The fourth-order valence-electron chi connectivity index (χ4n) is 3.51. The molecule has 0 heterocycles. The molecule has 1 N–H and O–H groups in total. The van der Waals surface area contributed by atoms with Crippen LogP contribution in [0.2, 0.25) is 0 Å². The highest BCUT2D eigenvalue weighted by molar-refractivity contribution is 5.97. The van der Waals surface area contributed by atoms with Crippen LogP contribution in [0.1, 0.15) is 64.2 Å². The van der Waals surface area contributed by atoms with Gasteiger partial charge in [0.05, 0.1) is 13.0 Å². The summed E-state index contributed by atoms with van der Waals surface area (Å²) in [6.45, 7) is 17.7. The van der Waals surface area contributed by atoms with E-state index in [4.69, 9.17) is 14.2 Å². The van der Waals surface area contributed by atoms with Crippen LogP contribution in [-0.4, -0.2) is 43.8 Å². The molecule has 0 saturated heterocycles. The molecule has 0 saturated carbocycles. The first-order chi connectivity index (χ1) is 16.4. The lowest BCUT2D eigenvalue weighted by Gasteiger charge is -2.25. The summed E-state index contributed by atoms with van der Waals surface area (Å²) in [7, 11) is 1.37. The predicted octanol–water partition coefficient (Wildman–Crippen LogP) is 4.50. The van der Waals surface area contributed by atoms with E-state index >= 15 is 0 Å². The number of amides is 1. The van der Waals surface area contributed by atoms with Crippen molar-refractivity contribution in [2.24, 2.45) is 10.9 Å². The van der Waals surface area contributed by atoms with Gasteiger partial charge in [-0.25, -0.2) is 4.79 Å². The molecular weight excluding hydrogens is 448 g/mol. The molecule has 35 heavy (non-hydrogen) atoms. The number of aryl methyl sites for hydroxylation is 2. The van der Waals surface area contributed by atoms with Gasteiger partial charge < -0.3 is 19.5 Å². The maximum atomic E-state index is 13.0. The largest absolute Gasteiger partial charge is 0.493 e. The van der Waals surface area contributed by atoms with Crippen LogP contribution in [0.15, 0.2) is 46.5 Å². The van der Waals surface area contributed by atoms with E-state index in [1.807, 2.05) is 45.9 Å². The maximum absolute atomic E-state index is 13.0. The molecule has 0 radical (unpaired) electrons. The van der Waals surface area contributed by atoms with Gasteiger partial charge in [0.1, 0.15) is 12.1 Å². The second-order valence-electron chi connectivity index (χ2n) is 8.70. The smallest absolute Gasteiger partial charge is 0.328 e. The zero-order chi connectivity index (χ0) is 26.9. The molecule has 1 aromatic carbocycles. The summed E-state index contributed by atoms with van der Waals surface area (Å²) in [5, 5.41) is 2.54. The number of hydrogen-bond acceptors (Lipinski definition) is 7. The van der Waals surface area contributed by atoms with Crippen LogP contribution in [0.3, 0.4) is 0 Å². The second-order valence-corrected chi connectivity index (χ2v) is 8.70. The number of nitrogens with one attached hydrogen (secondary N) is 1. The molecule has 8 heteroatoms. The third-order valence-corrected chi connectivity index (χ3v) is 5.67. The average molecular weight is 487 g/mol. The molecule has 1 rings (SSSR count). The molecule has 1 amide bonds. The van der Waals surface area contributed by atoms with Crippen LogP contribution in [0.4, 0.5) is 0 Å². The summed E-state index contributed by atoms with van der Waals surface area (Å²) in [5.74, 6) is -2.50. The van der Waals surface area contributed by atoms with Crippen LogP contribution in [0, 0.1) is 19.8 Å². The van der Waals surface area contributed by atoms with Crippen molar-refractivity contribution in [1.82, 2.24) is 5.32 Å². The molecule has 8 nitrogen and oxygen atoms in total. The normalized spacial score (nSPS) is 14.9. The number of esters is 2. The molecule has 0 spiro atoms. The van der Waals surface area contributed by atoms with E-state index in [-0.39, 0.29) is 23.1 Å². The number of nitrogens with zero attached hydrogens (tertiary/aromatic N) is 1. The van der Waals surface area contributed by atoms with E-state index in [2.05, 4.69) is 17.0 Å². The number of carbonyl (C=O) groups excluding carboxylic acids is 3. The third kappa shape index (κ3) is 7.80. The number of carbonyl (C=O) groups is 3. The maximum Gasteiger partial charge on any atom is 0.328 e. The van der Waals surface area contributed by atoms with Gasteiger partial charge in [-0.05, 0) is 64.1 Å². The molecule has 0 unspecified atom stereocenters. The first-order valence-corrected chi connectivity index (χ1v) is 11.6. The summed E-state index contributed by atoms with van der Waals surface area (Å²) in [6, 6.07) is 5.04. The van der Waals surface area contributed by atoms with Crippen LogP contribution in [0.25, 0.3) is 0 Å². The lowest BCUT2D eigenvalue weighted by atomic mass is 9.89. The van der Waals surface area contributed by atoms with Crippen molar-refractivity contribution in [1.29, 1.82) is 0 Å². The Hall–Kier alpha value is -3.42. The lowest BCUT2D eigenvalue weighted by Crippen LogP contribution is -2.42. The van der Waals surface area contributed by atoms with Gasteiger partial charge in [-0.15, -0.1) is 0 Å². The molecule has 0 aliphatic rings. The molecule has 0 bridgehead atoms. The highest BCUT2D eigenvalue weighted by Crippen LogP contribution is 2.28. The predicted molar refractivity (Wildman–Crippen MR) is 136 cm³/mol. The summed E-state index contributed by atoms with van der Waals surface area (Å²) >= 11 is 0. The minimum atomic E-state index is -0.995. The Bertz CT molecular complexity index is 989. The highest BCUT2D eigenvalue weighted by Gasteiger charge is 2.28. The third-order valence-electron chi connectivity index (χ3n) is 5.67. The number of allylic oxidation sites excluding steroid dienone is 1. The number of ether oxygens (including phenoxy) is 3. The Morgan fingerprint density at radius 2 is 1.60 bits per heavy atom. The standard InChI is InChI=1S/C27H38N2O6/c1-11-21(33-10)24(35-26(31)15(2)3)23(28-9)25(30)29-19(7)27(32)34-20(8)18(6)22-16(4)13-12-14-17(22)5/h11-15,18-20H,9H2,1-8,10H3,(H,29,30)/b21-11+,24-23+/t18-,19+,20+/m1/s1. The highest BCUT2D eigenvalue weighted by atomic mass is 16.6. The fraction of sp³-hybridized carbons (Fsp3) is 0.481. The van der Waals surface area contributed by atoms with Crippen molar-refractivity contribution in [3.63, 3.8) is 0 Å². The number of aliphatic imine (C=N–C) groups is 1. The Morgan fingerprint density at radius 3 is 2.06 bits per heavy atom. The SMILES string of the molecule is C=N/C(C(=O)N[C@@H](C)C(=O)O[C@@H](C)[C@@H](C)c1c(C)cccc1C)=C(OC(=O)C(C)C)\C(=C/C)OC. The summed E-state index contributed by atoms with van der Waals surface area (Å²) < 4.78 is 16.3. The minimum Gasteiger partial charge on any atom is -0.493 e. The van der Waals surface area contributed by atoms with Gasteiger partial charge in [-0.2, -0.15) is 0 Å². The van der Waals surface area contributed by atoms with Crippen molar-refractivity contribution >= 4 is 24.6 Å². The average Bonchev–Trinajstić information content (AvgIpc) is 2.79. The van der Waals surface area contributed by atoms with Crippen molar-refractivity contribution in [3.05, 3.63) is 58.2 Å². The molecular formula is C27H38N2O6. The molecule has 0 fully saturated rings. The number of hydrogen-bond donors (Lipinski definition) is 1. The first kappa shape index (κ1) is 29.6. The van der Waals surface area contributed by atoms with Gasteiger partial charge in [0.25, 0.3) is 5.91 Å². The number of rotatable bonds is 11. The van der Waals surface area contributed by atoms with Crippen LogP contribution in [-0.2, 0) is 28.6 Å². The molecule has 3 atom stereocenters. The van der Waals surface area contributed by atoms with E-state index in [0.717, 1.165) is 16.7 Å². The van der Waals surface area contributed by atoms with E-state index in [9.17, 15) is 14.4 Å². The minimum absolute atomic E-state index is 0.0469. The number of methoxy groups -OCH3 is 1. The van der Waals surface area contributed by atoms with Crippen LogP contribution in [0.5, 0.6) is 0 Å². The number of benzene rings is 1. The topological polar surface area (TPSA) is 103 Å². The lowest BCUT2D eigenvalue weighted by molar-refractivity contribution is -0.152. The van der Waals surface area contributed by atoms with Crippen molar-refractivity contribution in [3.8, 4) is 0 Å². The van der Waals surface area contributed by atoms with E-state index in [1.54, 1.807) is 20.8 Å². The molecule has 0 aromatic heterocycles. The summed E-state index contributed by atoms with van der Waals surface area (Å²) in [4.78, 5) is 41.7. The van der Waals surface area contributed by atoms with Gasteiger partial charge >= 0.3 is 11.9 Å². The fourth-order valence-corrected chi connectivity index (χ4v) is 3.51. The molecule has 0 aliphatic heterocycles. The quantitative estimate of drug-likeness (QED) is 0.162. The second kappa shape index (κ2) is 13.5. The molecule has 0 aliphatic carbocycles. The zero-order valence-electron chi connectivity index (χ0n) is 22.2. The Labute approximate surface area is 208 Å². The van der Waals surface area contributed by atoms with Gasteiger partial charge in [-0.3, -0.25) is 14.6 Å². The zero-order valence-corrected chi connectivity index (χ0v) is 22.2.